The third-order valence-electron chi connectivity index (χ3n) is 5.38. The second-order valence-electron chi connectivity index (χ2n) is 7.40. The molecule has 0 amide bonds. The molecular weight excluding hydrogens is 264 g/mol. The smallest absolute Gasteiger partial charge is 0.279 e. The molecule has 0 saturated carbocycles. The van der Waals surface area contributed by atoms with Gasteiger partial charge in [-0.1, -0.05) is 64.2 Å². The Kier molecular flexibility index (Phi) is 3.53. The molecule has 0 spiro atoms. The summed E-state index contributed by atoms with van der Waals surface area (Å²) in [6.07, 6.45) is 0.847. The van der Waals surface area contributed by atoms with Crippen LogP contribution in [0.3, 0.4) is 0 Å². The van der Waals surface area contributed by atoms with Crippen molar-refractivity contribution in [3.05, 3.63) is 47.4 Å². The summed E-state index contributed by atoms with van der Waals surface area (Å²) in [5, 5.41) is 9.74. The zero-order valence-electron chi connectivity index (χ0n) is 13.4. The number of hydrogen-bond donors (Lipinski definition) is 1. The zero-order chi connectivity index (χ0) is 15.2. The van der Waals surface area contributed by atoms with Crippen molar-refractivity contribution in [2.45, 2.75) is 57.5 Å². The van der Waals surface area contributed by atoms with Crippen LogP contribution in [-0.4, -0.2) is 18.4 Å². The molecule has 2 rings (SSSR count). The van der Waals surface area contributed by atoms with Crippen LogP contribution in [0.4, 0.5) is 0 Å². The predicted molar refractivity (Wildman–Crippen MR) is 86.5 cm³/mol. The van der Waals surface area contributed by atoms with Crippen LogP contribution >= 0.6 is 0 Å². The van der Waals surface area contributed by atoms with Gasteiger partial charge in [0.1, 0.15) is 13.3 Å². The van der Waals surface area contributed by atoms with E-state index in [0.717, 1.165) is 12.0 Å². The minimum Gasteiger partial charge on any atom is -0.481 e. The van der Waals surface area contributed by atoms with Crippen molar-refractivity contribution in [3.8, 4) is 0 Å². The molecule has 0 fully saturated rings. The summed E-state index contributed by atoms with van der Waals surface area (Å²) in [5.74, 6) is 0.130. The van der Waals surface area contributed by atoms with Crippen LogP contribution in [0.5, 0.6) is 0 Å². The van der Waals surface area contributed by atoms with Gasteiger partial charge in [0.15, 0.2) is 0 Å². The minimum atomic E-state index is -1.80. The van der Waals surface area contributed by atoms with Crippen molar-refractivity contribution in [2.75, 3.05) is 0 Å². The fraction of sp³-hybridized carbons (Fsp3) is 0.529. The SMILES string of the molecule is CC1=C(O)OC1(Cc1ccccc1)[Si](C)(C)C(C)(C)C. The van der Waals surface area contributed by atoms with E-state index in [1.807, 2.05) is 13.0 Å². The molecule has 0 bridgehead atoms. The second kappa shape index (κ2) is 4.66. The summed E-state index contributed by atoms with van der Waals surface area (Å²) >= 11 is 0. The average molecular weight is 290 g/mol. The van der Waals surface area contributed by atoms with Crippen LogP contribution in [0.1, 0.15) is 33.3 Å². The molecule has 2 nitrogen and oxygen atoms in total. The summed E-state index contributed by atoms with van der Waals surface area (Å²) in [7, 11) is -1.80. The Morgan fingerprint density at radius 3 is 2.10 bits per heavy atom. The van der Waals surface area contributed by atoms with E-state index in [4.69, 9.17) is 4.74 Å². The first-order valence-electron chi connectivity index (χ1n) is 7.25. The van der Waals surface area contributed by atoms with Gasteiger partial charge in [0.05, 0.1) is 0 Å². The Labute approximate surface area is 123 Å². The highest BCUT2D eigenvalue weighted by molar-refractivity contribution is 6.83. The van der Waals surface area contributed by atoms with Crippen LogP contribution in [0.2, 0.25) is 18.1 Å². The first-order valence-corrected chi connectivity index (χ1v) is 10.2. The molecule has 1 aromatic carbocycles. The fourth-order valence-electron chi connectivity index (χ4n) is 2.92. The van der Waals surface area contributed by atoms with E-state index in [-0.39, 0.29) is 16.2 Å². The Morgan fingerprint density at radius 2 is 1.70 bits per heavy atom. The third-order valence-corrected chi connectivity index (χ3v) is 11.8. The molecule has 0 saturated heterocycles. The van der Waals surface area contributed by atoms with Crippen LogP contribution < -0.4 is 0 Å². The van der Waals surface area contributed by atoms with Crippen molar-refractivity contribution >= 4 is 8.07 Å². The van der Waals surface area contributed by atoms with Gasteiger partial charge in [0.2, 0.25) is 0 Å². The van der Waals surface area contributed by atoms with Crippen molar-refractivity contribution in [3.63, 3.8) is 0 Å². The molecule has 3 heteroatoms. The van der Waals surface area contributed by atoms with E-state index in [2.05, 4.69) is 58.1 Å². The maximum absolute atomic E-state index is 9.84. The highest BCUT2D eigenvalue weighted by Crippen LogP contribution is 2.53. The quantitative estimate of drug-likeness (QED) is 0.807. The monoisotopic (exact) mass is 290 g/mol. The molecule has 0 aliphatic carbocycles. The summed E-state index contributed by atoms with van der Waals surface area (Å²) in [6.45, 7) is 13.6. The lowest BCUT2D eigenvalue weighted by Gasteiger charge is -2.56. The summed E-state index contributed by atoms with van der Waals surface area (Å²) in [5.41, 5.74) is 2.29. The summed E-state index contributed by atoms with van der Waals surface area (Å²) in [4.78, 5) is 0. The van der Waals surface area contributed by atoms with Crippen LogP contribution in [0.25, 0.3) is 0 Å². The van der Waals surface area contributed by atoms with E-state index in [0.29, 0.717) is 0 Å². The highest BCUT2D eigenvalue weighted by Gasteiger charge is 2.61. The Balaban J connectivity index is 2.45. The molecule has 1 N–H and O–H groups in total. The minimum absolute atomic E-state index is 0.130. The van der Waals surface area contributed by atoms with Gasteiger partial charge in [0, 0.05) is 12.0 Å². The van der Waals surface area contributed by atoms with Crippen molar-refractivity contribution in [1.82, 2.24) is 0 Å². The largest absolute Gasteiger partial charge is 0.481 e. The molecule has 110 valence electrons. The lowest BCUT2D eigenvalue weighted by Crippen LogP contribution is -2.66. The molecular formula is C17H26O2Si. The van der Waals surface area contributed by atoms with Crippen molar-refractivity contribution in [1.29, 1.82) is 0 Å². The molecule has 1 unspecified atom stereocenters. The zero-order valence-corrected chi connectivity index (χ0v) is 14.4. The van der Waals surface area contributed by atoms with E-state index in [1.54, 1.807) is 0 Å². The number of aliphatic hydroxyl groups is 1. The second-order valence-corrected chi connectivity index (χ2v) is 13.0. The number of hydrogen-bond acceptors (Lipinski definition) is 2. The van der Waals surface area contributed by atoms with Gasteiger partial charge < -0.3 is 9.84 Å². The lowest BCUT2D eigenvalue weighted by molar-refractivity contribution is -0.0442. The standard InChI is InChI=1S/C17H26O2Si/c1-13-15(18)19-17(13,20(5,6)16(2,3)4)12-14-10-8-7-9-11-14/h7-11,18H,12H2,1-6H3. The number of aliphatic hydroxyl groups excluding tert-OH is 1. The van der Waals surface area contributed by atoms with E-state index < -0.39 is 8.07 Å². The first-order chi connectivity index (χ1) is 9.12. The first kappa shape index (κ1) is 15.2. The maximum Gasteiger partial charge on any atom is 0.279 e. The molecule has 1 atom stereocenters. The molecule has 1 aromatic rings. The fourth-order valence-corrected chi connectivity index (χ4v) is 6.17. The van der Waals surface area contributed by atoms with Gasteiger partial charge in [-0.25, -0.2) is 0 Å². The number of ether oxygens (including phenoxy) is 1. The molecule has 1 heterocycles. The van der Waals surface area contributed by atoms with E-state index in [9.17, 15) is 5.11 Å². The molecule has 1 aliphatic rings. The molecule has 1 aliphatic heterocycles. The van der Waals surface area contributed by atoms with Gasteiger partial charge >= 0.3 is 0 Å². The molecule has 0 aromatic heterocycles. The third kappa shape index (κ3) is 2.08. The average Bonchev–Trinajstić information content (AvgIpc) is 2.37. The van der Waals surface area contributed by atoms with Crippen LogP contribution in [0, 0.1) is 0 Å². The number of rotatable bonds is 3. The van der Waals surface area contributed by atoms with Gasteiger partial charge in [-0.3, -0.25) is 0 Å². The highest BCUT2D eigenvalue weighted by atomic mass is 28.3. The molecule has 20 heavy (non-hydrogen) atoms. The summed E-state index contributed by atoms with van der Waals surface area (Å²) < 4.78 is 5.93. The van der Waals surface area contributed by atoms with Crippen molar-refractivity contribution in [2.24, 2.45) is 0 Å². The summed E-state index contributed by atoms with van der Waals surface area (Å²) in [6, 6.07) is 10.4. The van der Waals surface area contributed by atoms with Gasteiger partial charge in [-0.15, -0.1) is 0 Å². The number of benzene rings is 1. The van der Waals surface area contributed by atoms with Gasteiger partial charge in [-0.2, -0.15) is 0 Å². The normalized spacial score (nSPS) is 23.3. The predicted octanol–water partition coefficient (Wildman–Crippen LogP) is 4.84. The molecule has 0 radical (unpaired) electrons. The Bertz CT molecular complexity index is 526. The van der Waals surface area contributed by atoms with Crippen LogP contribution in [0.15, 0.2) is 41.9 Å². The lowest BCUT2D eigenvalue weighted by atomic mass is 9.98. The maximum atomic E-state index is 9.84. The Hall–Kier alpha value is -1.22. The Morgan fingerprint density at radius 1 is 1.15 bits per heavy atom. The van der Waals surface area contributed by atoms with Gasteiger partial charge in [-0.05, 0) is 17.5 Å². The van der Waals surface area contributed by atoms with E-state index in [1.165, 1.54) is 5.56 Å². The van der Waals surface area contributed by atoms with E-state index >= 15 is 0 Å². The van der Waals surface area contributed by atoms with Crippen molar-refractivity contribution < 1.29 is 9.84 Å². The van der Waals surface area contributed by atoms with Crippen LogP contribution in [-0.2, 0) is 11.2 Å². The van der Waals surface area contributed by atoms with Gasteiger partial charge in [0.25, 0.3) is 5.95 Å². The topological polar surface area (TPSA) is 29.5 Å².